The number of nitriles is 1. The van der Waals surface area contributed by atoms with E-state index in [9.17, 15) is 4.79 Å². The highest BCUT2D eigenvalue weighted by atomic mass is 16.1. The average molecular weight is 242 g/mol. The van der Waals surface area contributed by atoms with Gasteiger partial charge >= 0.3 is 0 Å². The maximum absolute atomic E-state index is 11.9. The third-order valence-corrected chi connectivity index (χ3v) is 3.71. The van der Waals surface area contributed by atoms with Crippen molar-refractivity contribution < 1.29 is 4.79 Å². The first-order chi connectivity index (χ1) is 8.74. The third-order valence-electron chi connectivity index (χ3n) is 3.71. The fraction of sp³-hybridized carbons (Fsp3) is 0.467. The van der Waals surface area contributed by atoms with Crippen LogP contribution >= 0.6 is 0 Å². The molecule has 0 aromatic heterocycles. The molecule has 0 heterocycles. The Hall–Kier alpha value is -1.66. The SMILES string of the molecule is C[C@@H](c1ccccc1)N(CC#N)[C@H]1CCCC1=O. The summed E-state index contributed by atoms with van der Waals surface area (Å²) in [5.74, 6) is 0.285. The molecule has 1 saturated carbocycles. The van der Waals surface area contributed by atoms with Crippen LogP contribution in [0.25, 0.3) is 0 Å². The molecule has 18 heavy (non-hydrogen) atoms. The van der Waals surface area contributed by atoms with Crippen molar-refractivity contribution in [2.75, 3.05) is 6.54 Å². The molecular weight excluding hydrogens is 224 g/mol. The van der Waals surface area contributed by atoms with Crippen LogP contribution in [-0.2, 0) is 4.79 Å². The van der Waals surface area contributed by atoms with E-state index < -0.39 is 0 Å². The number of carbonyl (C=O) groups is 1. The van der Waals surface area contributed by atoms with Crippen molar-refractivity contribution >= 4 is 5.78 Å². The predicted octanol–water partition coefficient (Wildman–Crippen LogP) is 2.69. The summed E-state index contributed by atoms with van der Waals surface area (Å²) in [5, 5.41) is 8.98. The van der Waals surface area contributed by atoms with Crippen LogP contribution in [0, 0.1) is 11.3 Å². The Bertz CT molecular complexity index is 449. The Morgan fingerprint density at radius 3 is 2.72 bits per heavy atom. The molecule has 2 atom stereocenters. The number of hydrogen-bond acceptors (Lipinski definition) is 3. The number of nitrogens with zero attached hydrogens (tertiary/aromatic N) is 2. The molecule has 1 aromatic rings. The molecule has 1 aromatic carbocycles. The van der Waals surface area contributed by atoms with Gasteiger partial charge in [0.15, 0.2) is 0 Å². The summed E-state index contributed by atoms with van der Waals surface area (Å²) in [7, 11) is 0. The van der Waals surface area contributed by atoms with Gasteiger partial charge in [-0.1, -0.05) is 30.3 Å². The number of hydrogen-bond donors (Lipinski definition) is 0. The standard InChI is InChI=1S/C15H18N2O/c1-12(13-6-3-2-4-7-13)17(11-10-16)14-8-5-9-15(14)18/h2-4,6-7,12,14H,5,8-9,11H2,1H3/t12-,14-/m0/s1. The summed E-state index contributed by atoms with van der Waals surface area (Å²) in [5.41, 5.74) is 1.16. The van der Waals surface area contributed by atoms with Crippen LogP contribution in [0.5, 0.6) is 0 Å². The van der Waals surface area contributed by atoms with Crippen LogP contribution in [0.2, 0.25) is 0 Å². The molecule has 0 N–H and O–H groups in total. The molecule has 0 unspecified atom stereocenters. The van der Waals surface area contributed by atoms with E-state index in [2.05, 4.69) is 25.1 Å². The monoisotopic (exact) mass is 242 g/mol. The van der Waals surface area contributed by atoms with Crippen LogP contribution in [0.3, 0.4) is 0 Å². The highest BCUT2D eigenvalue weighted by molar-refractivity contribution is 5.86. The quantitative estimate of drug-likeness (QED) is 0.762. The Morgan fingerprint density at radius 1 is 1.44 bits per heavy atom. The van der Waals surface area contributed by atoms with E-state index >= 15 is 0 Å². The van der Waals surface area contributed by atoms with Crippen LogP contribution in [0.4, 0.5) is 0 Å². The molecule has 3 heteroatoms. The molecule has 1 aliphatic carbocycles. The first-order valence-corrected chi connectivity index (χ1v) is 6.44. The highest BCUT2D eigenvalue weighted by Crippen LogP contribution is 2.28. The summed E-state index contributed by atoms with van der Waals surface area (Å²) < 4.78 is 0. The Labute approximate surface area is 108 Å². The minimum absolute atomic E-state index is 0.0696. The Balaban J connectivity index is 2.20. The van der Waals surface area contributed by atoms with Crippen molar-refractivity contribution in [1.82, 2.24) is 4.90 Å². The lowest BCUT2D eigenvalue weighted by Gasteiger charge is -2.31. The fourth-order valence-corrected chi connectivity index (χ4v) is 2.67. The average Bonchev–Trinajstić information content (AvgIpc) is 2.82. The van der Waals surface area contributed by atoms with Gasteiger partial charge in [-0.2, -0.15) is 5.26 Å². The van der Waals surface area contributed by atoms with Crippen LogP contribution in [-0.4, -0.2) is 23.3 Å². The normalized spacial score (nSPS) is 20.9. The summed E-state index contributed by atoms with van der Waals surface area (Å²) in [6.07, 6.45) is 2.50. The Morgan fingerprint density at radius 2 is 2.17 bits per heavy atom. The second-order valence-electron chi connectivity index (χ2n) is 4.79. The smallest absolute Gasteiger partial charge is 0.150 e. The van der Waals surface area contributed by atoms with E-state index in [1.165, 1.54) is 0 Å². The molecule has 0 radical (unpaired) electrons. The van der Waals surface area contributed by atoms with E-state index in [4.69, 9.17) is 5.26 Å². The molecule has 1 fully saturated rings. The van der Waals surface area contributed by atoms with E-state index in [1.807, 2.05) is 23.1 Å². The molecule has 0 amide bonds. The van der Waals surface area contributed by atoms with Crippen LogP contribution < -0.4 is 0 Å². The van der Waals surface area contributed by atoms with Crippen LogP contribution in [0.15, 0.2) is 30.3 Å². The van der Waals surface area contributed by atoms with Crippen molar-refractivity contribution in [3.8, 4) is 6.07 Å². The van der Waals surface area contributed by atoms with E-state index in [1.54, 1.807) is 0 Å². The zero-order valence-corrected chi connectivity index (χ0v) is 10.7. The summed E-state index contributed by atoms with van der Waals surface area (Å²) in [6.45, 7) is 2.38. The van der Waals surface area contributed by atoms with Crippen molar-refractivity contribution in [1.29, 1.82) is 5.26 Å². The molecular formula is C15H18N2O. The molecule has 0 spiro atoms. The van der Waals surface area contributed by atoms with Gasteiger partial charge in [0.2, 0.25) is 0 Å². The molecule has 0 aliphatic heterocycles. The topological polar surface area (TPSA) is 44.1 Å². The molecule has 1 aliphatic rings. The van der Waals surface area contributed by atoms with Gasteiger partial charge in [-0.3, -0.25) is 9.69 Å². The number of ketones is 1. The van der Waals surface area contributed by atoms with Crippen LogP contribution in [0.1, 0.15) is 37.8 Å². The van der Waals surface area contributed by atoms with Gasteiger partial charge in [0.1, 0.15) is 5.78 Å². The second-order valence-corrected chi connectivity index (χ2v) is 4.79. The van der Waals surface area contributed by atoms with Crippen molar-refractivity contribution in [2.45, 2.75) is 38.3 Å². The van der Waals surface area contributed by atoms with E-state index in [0.29, 0.717) is 13.0 Å². The lowest BCUT2D eigenvalue weighted by atomic mass is 10.0. The van der Waals surface area contributed by atoms with Crippen molar-refractivity contribution in [2.24, 2.45) is 0 Å². The van der Waals surface area contributed by atoms with Crippen molar-refractivity contribution in [3.05, 3.63) is 35.9 Å². The highest BCUT2D eigenvalue weighted by Gasteiger charge is 2.33. The van der Waals surface area contributed by atoms with Gasteiger partial charge in [0, 0.05) is 12.5 Å². The molecule has 94 valence electrons. The minimum Gasteiger partial charge on any atom is -0.298 e. The number of Topliss-reactive ketones (excluding diaryl/α,β-unsaturated/α-hetero) is 1. The van der Waals surface area contributed by atoms with Gasteiger partial charge in [0.25, 0.3) is 0 Å². The minimum atomic E-state index is -0.0696. The number of carbonyl (C=O) groups excluding carboxylic acids is 1. The molecule has 2 rings (SSSR count). The van der Waals surface area contributed by atoms with Gasteiger partial charge in [0.05, 0.1) is 18.7 Å². The maximum Gasteiger partial charge on any atom is 0.150 e. The predicted molar refractivity (Wildman–Crippen MR) is 69.8 cm³/mol. The summed E-state index contributed by atoms with van der Waals surface area (Å²) in [4.78, 5) is 13.9. The van der Waals surface area contributed by atoms with Gasteiger partial charge in [-0.15, -0.1) is 0 Å². The summed E-state index contributed by atoms with van der Waals surface area (Å²) in [6, 6.07) is 12.3. The lowest BCUT2D eigenvalue weighted by molar-refractivity contribution is -0.122. The van der Waals surface area contributed by atoms with Crippen molar-refractivity contribution in [3.63, 3.8) is 0 Å². The summed E-state index contributed by atoms with van der Waals surface area (Å²) >= 11 is 0. The maximum atomic E-state index is 11.9. The second kappa shape index (κ2) is 5.79. The first kappa shape index (κ1) is 12.8. The fourth-order valence-electron chi connectivity index (χ4n) is 2.67. The Kier molecular flexibility index (Phi) is 4.11. The molecule has 3 nitrogen and oxygen atoms in total. The largest absolute Gasteiger partial charge is 0.298 e. The van der Waals surface area contributed by atoms with Gasteiger partial charge in [-0.25, -0.2) is 0 Å². The number of rotatable bonds is 4. The van der Waals surface area contributed by atoms with E-state index in [-0.39, 0.29) is 17.9 Å². The molecule has 0 bridgehead atoms. The lowest BCUT2D eigenvalue weighted by Crippen LogP contribution is -2.40. The zero-order valence-electron chi connectivity index (χ0n) is 10.7. The van der Waals surface area contributed by atoms with Gasteiger partial charge < -0.3 is 0 Å². The van der Waals surface area contributed by atoms with E-state index in [0.717, 1.165) is 18.4 Å². The molecule has 0 saturated heterocycles. The third kappa shape index (κ3) is 2.60. The zero-order chi connectivity index (χ0) is 13.0. The number of benzene rings is 1. The van der Waals surface area contributed by atoms with Gasteiger partial charge in [-0.05, 0) is 25.3 Å². The first-order valence-electron chi connectivity index (χ1n) is 6.44.